The molecule has 0 radical (unpaired) electrons. The summed E-state index contributed by atoms with van der Waals surface area (Å²) in [4.78, 5) is 25.8. The third kappa shape index (κ3) is 5.95. The minimum absolute atomic E-state index is 0.623. The number of fused-ring (bicyclic) bond motifs is 9. The molecule has 0 aliphatic heterocycles. The SMILES string of the molecule is c1ccc(-c2nc(-c3ccc(-n4c5ccccc5c5ccccc54)cc3)nc(-c3ccc4sc5cc(-c6nc(-c7ccccc7)c7sc8ccccc8c7n6)ccc5c4c3)n2)cc1. The van der Waals surface area contributed by atoms with Crippen LogP contribution in [-0.4, -0.2) is 29.5 Å². The maximum Gasteiger partial charge on any atom is 0.164 e. The third-order valence-electron chi connectivity index (χ3n) is 11.9. The highest BCUT2D eigenvalue weighted by molar-refractivity contribution is 7.26. The second-order valence-corrected chi connectivity index (χ2v) is 17.8. The van der Waals surface area contributed by atoms with Gasteiger partial charge in [0, 0.05) is 74.5 Å². The minimum Gasteiger partial charge on any atom is -0.309 e. The van der Waals surface area contributed by atoms with E-state index in [-0.39, 0.29) is 0 Å². The fourth-order valence-corrected chi connectivity index (χ4v) is 11.2. The summed E-state index contributed by atoms with van der Waals surface area (Å²) in [5.41, 5.74) is 10.2. The van der Waals surface area contributed by atoms with Gasteiger partial charge in [-0.3, -0.25) is 0 Å². The number of nitrogens with zero attached hydrogens (tertiary/aromatic N) is 6. The Morgan fingerprint density at radius 1 is 0.317 bits per heavy atom. The van der Waals surface area contributed by atoms with Crippen LogP contribution in [0, 0.1) is 0 Å². The number of hydrogen-bond donors (Lipinski definition) is 0. The van der Waals surface area contributed by atoms with E-state index in [1.54, 1.807) is 22.7 Å². The second kappa shape index (κ2) is 14.3. The van der Waals surface area contributed by atoms with Gasteiger partial charge in [-0.1, -0.05) is 127 Å². The van der Waals surface area contributed by atoms with Crippen molar-refractivity contribution in [3.63, 3.8) is 0 Å². The van der Waals surface area contributed by atoms with E-state index in [0.717, 1.165) is 66.0 Å². The molecule has 294 valence electrons. The number of aromatic nitrogens is 6. The topological polar surface area (TPSA) is 69.4 Å². The Bertz CT molecular complexity index is 3860. The standard InChI is InChI=1S/C55H32N6S2/c1-3-13-33(14-4-1)49-51-50(42-19-9-12-22-46(42)63-51)57-54(56-49)37-25-29-41-43-31-36(26-30-47(43)62-48(41)32-37)55-59-52(34-15-5-2-6-16-34)58-53(60-55)35-23-27-38(28-24-35)61-44-20-10-7-17-39(44)40-18-8-11-21-45(40)61/h1-32H. The summed E-state index contributed by atoms with van der Waals surface area (Å²) in [5, 5.41) is 5.95. The molecule has 6 nitrogen and oxygen atoms in total. The van der Waals surface area contributed by atoms with Gasteiger partial charge in [0.2, 0.25) is 0 Å². The fraction of sp³-hybridized carbons (Fsp3) is 0. The van der Waals surface area contributed by atoms with Gasteiger partial charge in [0.25, 0.3) is 0 Å². The molecule has 0 fully saturated rings. The molecule has 63 heavy (non-hydrogen) atoms. The Morgan fingerprint density at radius 3 is 1.56 bits per heavy atom. The van der Waals surface area contributed by atoms with E-state index in [0.29, 0.717) is 17.5 Å². The maximum atomic E-state index is 5.24. The van der Waals surface area contributed by atoms with E-state index >= 15 is 0 Å². The van der Waals surface area contributed by atoms with Crippen LogP contribution in [0.3, 0.4) is 0 Å². The molecule has 8 heteroatoms. The zero-order chi connectivity index (χ0) is 41.4. The lowest BCUT2D eigenvalue weighted by Crippen LogP contribution is -2.00. The van der Waals surface area contributed by atoms with Crippen molar-refractivity contribution in [3.05, 3.63) is 194 Å². The van der Waals surface area contributed by atoms with Crippen LogP contribution in [0.25, 0.3) is 125 Å². The Hall–Kier alpha value is -7.91. The monoisotopic (exact) mass is 840 g/mol. The first-order chi connectivity index (χ1) is 31.2. The van der Waals surface area contributed by atoms with E-state index < -0.39 is 0 Å². The predicted molar refractivity (Wildman–Crippen MR) is 263 cm³/mol. The Balaban J connectivity index is 0.908. The summed E-state index contributed by atoms with van der Waals surface area (Å²) in [6, 6.07) is 67.9. The molecule has 0 aliphatic carbocycles. The van der Waals surface area contributed by atoms with Gasteiger partial charge in [-0.15, -0.1) is 22.7 Å². The van der Waals surface area contributed by atoms with Crippen LogP contribution >= 0.6 is 22.7 Å². The molecule has 0 N–H and O–H groups in total. The lowest BCUT2D eigenvalue weighted by Gasteiger charge is -2.11. The highest BCUT2D eigenvalue weighted by atomic mass is 32.1. The van der Waals surface area contributed by atoms with Crippen LogP contribution in [0.15, 0.2) is 194 Å². The molecule has 0 spiro atoms. The van der Waals surface area contributed by atoms with Crippen molar-refractivity contribution < 1.29 is 0 Å². The Labute approximate surface area is 369 Å². The van der Waals surface area contributed by atoms with Crippen LogP contribution in [0.2, 0.25) is 0 Å². The van der Waals surface area contributed by atoms with Gasteiger partial charge in [-0.2, -0.15) is 0 Å². The normalized spacial score (nSPS) is 11.8. The molecular formula is C55H32N6S2. The van der Waals surface area contributed by atoms with E-state index in [2.05, 4.69) is 162 Å². The van der Waals surface area contributed by atoms with Crippen LogP contribution < -0.4 is 0 Å². The molecule has 13 rings (SSSR count). The molecular weight excluding hydrogens is 809 g/mol. The Kier molecular flexibility index (Phi) is 8.15. The lowest BCUT2D eigenvalue weighted by atomic mass is 10.1. The van der Waals surface area contributed by atoms with Crippen molar-refractivity contribution in [1.82, 2.24) is 29.5 Å². The average molecular weight is 841 g/mol. The molecule has 0 saturated heterocycles. The van der Waals surface area contributed by atoms with Crippen molar-refractivity contribution in [2.75, 3.05) is 0 Å². The largest absolute Gasteiger partial charge is 0.309 e. The van der Waals surface area contributed by atoms with E-state index in [1.807, 2.05) is 36.4 Å². The number of benzene rings is 8. The lowest BCUT2D eigenvalue weighted by molar-refractivity contribution is 1.07. The van der Waals surface area contributed by atoms with Crippen LogP contribution in [0.5, 0.6) is 0 Å². The molecule has 0 atom stereocenters. The molecule has 0 bridgehead atoms. The average Bonchev–Trinajstić information content (AvgIpc) is 4.03. The number of hydrogen-bond acceptors (Lipinski definition) is 7. The summed E-state index contributed by atoms with van der Waals surface area (Å²) in [5.74, 6) is 2.60. The molecule has 5 aromatic heterocycles. The highest BCUT2D eigenvalue weighted by Gasteiger charge is 2.19. The number of rotatable bonds is 6. The second-order valence-electron chi connectivity index (χ2n) is 15.7. The molecule has 8 aromatic carbocycles. The van der Waals surface area contributed by atoms with Crippen molar-refractivity contribution in [1.29, 1.82) is 0 Å². The first-order valence-corrected chi connectivity index (χ1v) is 22.5. The summed E-state index contributed by atoms with van der Waals surface area (Å²) < 4.78 is 7.00. The highest BCUT2D eigenvalue weighted by Crippen LogP contribution is 2.42. The van der Waals surface area contributed by atoms with Gasteiger partial charge >= 0.3 is 0 Å². The van der Waals surface area contributed by atoms with Gasteiger partial charge in [0.15, 0.2) is 23.3 Å². The van der Waals surface area contributed by atoms with Crippen LogP contribution in [-0.2, 0) is 0 Å². The van der Waals surface area contributed by atoms with E-state index in [4.69, 9.17) is 24.9 Å². The molecule has 0 amide bonds. The third-order valence-corrected chi connectivity index (χ3v) is 14.2. The number of para-hydroxylation sites is 2. The quantitative estimate of drug-likeness (QED) is 0.167. The van der Waals surface area contributed by atoms with Gasteiger partial charge in [-0.05, 0) is 66.7 Å². The minimum atomic E-state index is 0.623. The molecule has 13 aromatic rings. The van der Waals surface area contributed by atoms with Gasteiger partial charge in [0.05, 0.1) is 26.9 Å². The predicted octanol–water partition coefficient (Wildman–Crippen LogP) is 14.8. The first kappa shape index (κ1) is 35.8. The molecule has 5 heterocycles. The zero-order valence-corrected chi connectivity index (χ0v) is 35.1. The molecule has 0 saturated carbocycles. The Morgan fingerprint density at radius 2 is 0.841 bits per heavy atom. The van der Waals surface area contributed by atoms with Gasteiger partial charge < -0.3 is 4.57 Å². The summed E-state index contributed by atoms with van der Waals surface area (Å²) >= 11 is 3.53. The number of thiophene rings is 2. The summed E-state index contributed by atoms with van der Waals surface area (Å²) in [6.07, 6.45) is 0. The maximum absolute atomic E-state index is 5.24. The summed E-state index contributed by atoms with van der Waals surface area (Å²) in [6.45, 7) is 0. The summed E-state index contributed by atoms with van der Waals surface area (Å²) in [7, 11) is 0. The zero-order valence-electron chi connectivity index (χ0n) is 33.5. The van der Waals surface area contributed by atoms with E-state index in [1.165, 1.54) is 41.3 Å². The van der Waals surface area contributed by atoms with Crippen LogP contribution in [0.1, 0.15) is 0 Å². The van der Waals surface area contributed by atoms with E-state index in [9.17, 15) is 0 Å². The smallest absolute Gasteiger partial charge is 0.164 e. The van der Waals surface area contributed by atoms with Gasteiger partial charge in [0.1, 0.15) is 0 Å². The van der Waals surface area contributed by atoms with Crippen molar-refractivity contribution in [2.24, 2.45) is 0 Å². The first-order valence-electron chi connectivity index (χ1n) is 20.8. The van der Waals surface area contributed by atoms with Crippen LogP contribution in [0.4, 0.5) is 0 Å². The molecule has 0 unspecified atom stereocenters. The molecule has 0 aliphatic rings. The van der Waals surface area contributed by atoms with Crippen molar-refractivity contribution >= 4 is 85.0 Å². The van der Waals surface area contributed by atoms with Crippen molar-refractivity contribution in [2.45, 2.75) is 0 Å². The van der Waals surface area contributed by atoms with Crippen molar-refractivity contribution in [3.8, 4) is 62.5 Å². The van der Waals surface area contributed by atoms with Gasteiger partial charge in [-0.25, -0.2) is 24.9 Å². The fourth-order valence-electron chi connectivity index (χ4n) is 8.88.